The lowest BCUT2D eigenvalue weighted by Crippen LogP contribution is -2.37. The van der Waals surface area contributed by atoms with E-state index in [1.54, 1.807) is 6.92 Å². The van der Waals surface area contributed by atoms with Gasteiger partial charge in [-0.2, -0.15) is 4.99 Å². The first-order chi connectivity index (χ1) is 10.8. The van der Waals surface area contributed by atoms with Gasteiger partial charge in [0.05, 0.1) is 17.5 Å². The zero-order valence-corrected chi connectivity index (χ0v) is 15.1. The maximum Gasteiger partial charge on any atom is 0.247 e. The van der Waals surface area contributed by atoms with E-state index in [-0.39, 0.29) is 28.7 Å². The standard InChI is InChI=1S/C16H20N2O3S2/c1-4-15(19)17-16-18(12-6-10(2)5-11(3)7-12)13-8-23(20,21)9-14(13)22-16/h5-7,13-14H,4,8-9H2,1-3H3/t13-,14+/m0/s1. The van der Waals surface area contributed by atoms with Crippen LogP contribution in [0.1, 0.15) is 24.5 Å². The van der Waals surface area contributed by atoms with Gasteiger partial charge in [-0.3, -0.25) is 4.79 Å². The molecule has 2 atom stereocenters. The van der Waals surface area contributed by atoms with Crippen molar-refractivity contribution in [2.45, 2.75) is 38.5 Å². The van der Waals surface area contributed by atoms with Crippen LogP contribution in [0.3, 0.4) is 0 Å². The van der Waals surface area contributed by atoms with E-state index in [2.05, 4.69) is 11.1 Å². The van der Waals surface area contributed by atoms with Crippen molar-refractivity contribution in [3.05, 3.63) is 29.3 Å². The van der Waals surface area contributed by atoms with Crippen molar-refractivity contribution in [2.24, 2.45) is 4.99 Å². The Hall–Kier alpha value is -1.34. The Kier molecular flexibility index (Phi) is 4.27. The summed E-state index contributed by atoms with van der Waals surface area (Å²) in [5, 5.41) is 0.580. The zero-order chi connectivity index (χ0) is 16.8. The molecule has 2 fully saturated rings. The molecule has 1 amide bonds. The number of benzene rings is 1. The molecule has 0 unspecified atom stereocenters. The van der Waals surface area contributed by atoms with Crippen LogP contribution in [0.4, 0.5) is 5.69 Å². The van der Waals surface area contributed by atoms with Crippen LogP contribution in [-0.4, -0.2) is 42.3 Å². The number of carbonyl (C=O) groups excluding carboxylic acids is 1. The normalized spacial score (nSPS) is 27.4. The molecule has 0 radical (unpaired) electrons. The highest BCUT2D eigenvalue weighted by Crippen LogP contribution is 2.41. The van der Waals surface area contributed by atoms with Gasteiger partial charge in [-0.15, -0.1) is 0 Å². The Morgan fingerprint density at radius 1 is 1.26 bits per heavy atom. The van der Waals surface area contributed by atoms with Gasteiger partial charge in [0.25, 0.3) is 0 Å². The predicted molar refractivity (Wildman–Crippen MR) is 94.9 cm³/mol. The van der Waals surface area contributed by atoms with Gasteiger partial charge in [-0.25, -0.2) is 8.42 Å². The third kappa shape index (κ3) is 3.30. The van der Waals surface area contributed by atoms with Gasteiger partial charge in [0.15, 0.2) is 15.0 Å². The second-order valence-corrected chi connectivity index (χ2v) is 9.52. The Morgan fingerprint density at radius 2 is 1.91 bits per heavy atom. The SMILES string of the molecule is CCC(=O)N=C1S[C@@H]2CS(=O)(=O)C[C@@H]2N1c1cc(C)cc(C)c1. The summed E-state index contributed by atoms with van der Waals surface area (Å²) in [6.45, 7) is 5.80. The summed E-state index contributed by atoms with van der Waals surface area (Å²) in [7, 11) is -3.03. The van der Waals surface area contributed by atoms with E-state index in [0.29, 0.717) is 11.6 Å². The zero-order valence-electron chi connectivity index (χ0n) is 13.4. The van der Waals surface area contributed by atoms with Crippen molar-refractivity contribution >= 4 is 38.4 Å². The summed E-state index contributed by atoms with van der Waals surface area (Å²) in [5.41, 5.74) is 3.13. The molecule has 7 heteroatoms. The second-order valence-electron chi connectivity index (χ2n) is 6.16. The Labute approximate surface area is 141 Å². The van der Waals surface area contributed by atoms with Crippen molar-refractivity contribution in [1.29, 1.82) is 0 Å². The molecule has 0 aromatic heterocycles. The maximum absolute atomic E-state index is 12.0. The molecule has 2 aliphatic heterocycles. The first-order valence-electron chi connectivity index (χ1n) is 7.65. The summed E-state index contributed by atoms with van der Waals surface area (Å²) < 4.78 is 24.0. The van der Waals surface area contributed by atoms with Crippen LogP contribution in [0.15, 0.2) is 23.2 Å². The first kappa shape index (κ1) is 16.5. The van der Waals surface area contributed by atoms with Gasteiger partial charge in [0.2, 0.25) is 5.91 Å². The number of carbonyl (C=O) groups is 1. The number of nitrogens with zero attached hydrogens (tertiary/aromatic N) is 2. The van der Waals surface area contributed by atoms with E-state index < -0.39 is 9.84 Å². The van der Waals surface area contributed by atoms with Gasteiger partial charge >= 0.3 is 0 Å². The first-order valence-corrected chi connectivity index (χ1v) is 10.4. The molecule has 0 aliphatic carbocycles. The smallest absolute Gasteiger partial charge is 0.247 e. The molecule has 1 aromatic rings. The third-order valence-electron chi connectivity index (χ3n) is 4.07. The lowest BCUT2D eigenvalue weighted by Gasteiger charge is -2.25. The number of hydrogen-bond acceptors (Lipinski definition) is 4. The second kappa shape index (κ2) is 5.94. The highest BCUT2D eigenvalue weighted by molar-refractivity contribution is 8.16. The monoisotopic (exact) mass is 352 g/mol. The number of anilines is 1. The van der Waals surface area contributed by atoms with Gasteiger partial charge in [-0.1, -0.05) is 24.8 Å². The van der Waals surface area contributed by atoms with Crippen molar-refractivity contribution < 1.29 is 13.2 Å². The minimum Gasteiger partial charge on any atom is -0.316 e. The summed E-state index contributed by atoms with van der Waals surface area (Å²) >= 11 is 1.42. The van der Waals surface area contributed by atoms with E-state index in [1.807, 2.05) is 30.9 Å². The molecule has 0 bridgehead atoms. The average Bonchev–Trinajstić information content (AvgIpc) is 2.88. The fourth-order valence-corrected chi connectivity index (χ4v) is 7.07. The molecule has 124 valence electrons. The number of amides is 1. The quantitative estimate of drug-likeness (QED) is 0.817. The van der Waals surface area contributed by atoms with E-state index >= 15 is 0 Å². The van der Waals surface area contributed by atoms with Crippen molar-refractivity contribution in [1.82, 2.24) is 0 Å². The number of thioether (sulfide) groups is 1. The molecule has 23 heavy (non-hydrogen) atoms. The van der Waals surface area contributed by atoms with Crippen LogP contribution in [0.2, 0.25) is 0 Å². The molecule has 2 heterocycles. The number of sulfone groups is 1. The number of amidine groups is 1. The van der Waals surface area contributed by atoms with E-state index in [0.717, 1.165) is 16.8 Å². The van der Waals surface area contributed by atoms with Gasteiger partial charge < -0.3 is 4.90 Å². The number of hydrogen-bond donors (Lipinski definition) is 0. The Morgan fingerprint density at radius 3 is 2.52 bits per heavy atom. The van der Waals surface area contributed by atoms with Gasteiger partial charge in [-0.05, 0) is 37.1 Å². The third-order valence-corrected chi connectivity index (χ3v) is 7.28. The van der Waals surface area contributed by atoms with E-state index in [4.69, 9.17) is 0 Å². The highest BCUT2D eigenvalue weighted by Gasteiger charge is 2.49. The largest absolute Gasteiger partial charge is 0.316 e. The summed E-state index contributed by atoms with van der Waals surface area (Å²) in [5.74, 6) is 0.102. The summed E-state index contributed by atoms with van der Waals surface area (Å²) in [6.07, 6.45) is 0.346. The molecule has 5 nitrogen and oxygen atoms in total. The number of aliphatic imine (C=N–C) groups is 1. The van der Waals surface area contributed by atoms with E-state index in [9.17, 15) is 13.2 Å². The van der Waals surface area contributed by atoms with Crippen LogP contribution >= 0.6 is 11.8 Å². The topological polar surface area (TPSA) is 66.8 Å². The predicted octanol–water partition coefficient (Wildman–Crippen LogP) is 2.31. The maximum atomic E-state index is 12.0. The molecule has 0 spiro atoms. The average molecular weight is 352 g/mol. The Balaban J connectivity index is 2.06. The lowest BCUT2D eigenvalue weighted by atomic mass is 10.1. The van der Waals surface area contributed by atoms with Gasteiger partial charge in [0, 0.05) is 17.4 Å². The summed E-state index contributed by atoms with van der Waals surface area (Å²) in [4.78, 5) is 17.9. The summed E-state index contributed by atoms with van der Waals surface area (Å²) in [6, 6.07) is 5.97. The molecule has 2 aliphatic rings. The molecule has 0 N–H and O–H groups in total. The highest BCUT2D eigenvalue weighted by atomic mass is 32.2. The number of aryl methyl sites for hydroxylation is 2. The Bertz CT molecular complexity index is 766. The fraction of sp³-hybridized carbons (Fsp3) is 0.500. The van der Waals surface area contributed by atoms with Crippen molar-refractivity contribution in [2.75, 3.05) is 16.4 Å². The molecule has 2 saturated heterocycles. The van der Waals surface area contributed by atoms with Crippen molar-refractivity contribution in [3.63, 3.8) is 0 Å². The number of fused-ring (bicyclic) bond motifs is 1. The van der Waals surface area contributed by atoms with Crippen LogP contribution in [-0.2, 0) is 14.6 Å². The van der Waals surface area contributed by atoms with Crippen molar-refractivity contribution in [3.8, 4) is 0 Å². The minimum absolute atomic E-state index is 0.0516. The van der Waals surface area contributed by atoms with Crippen LogP contribution in [0.5, 0.6) is 0 Å². The minimum atomic E-state index is -3.03. The molecular formula is C16H20N2O3S2. The lowest BCUT2D eigenvalue weighted by molar-refractivity contribution is -0.117. The fourth-order valence-electron chi connectivity index (χ4n) is 3.14. The molecular weight excluding hydrogens is 332 g/mol. The van der Waals surface area contributed by atoms with Crippen LogP contribution in [0.25, 0.3) is 0 Å². The molecule has 1 aromatic carbocycles. The van der Waals surface area contributed by atoms with Crippen LogP contribution < -0.4 is 4.90 Å². The van der Waals surface area contributed by atoms with E-state index in [1.165, 1.54) is 11.8 Å². The van der Waals surface area contributed by atoms with Crippen LogP contribution in [0, 0.1) is 13.8 Å². The molecule has 0 saturated carbocycles. The van der Waals surface area contributed by atoms with Gasteiger partial charge in [0.1, 0.15) is 0 Å². The molecule has 3 rings (SSSR count). The number of rotatable bonds is 2.